The Hall–Kier alpha value is -2.28. The topological polar surface area (TPSA) is 108 Å². The van der Waals surface area contributed by atoms with Gasteiger partial charge in [0.25, 0.3) is 11.8 Å². The van der Waals surface area contributed by atoms with Crippen molar-refractivity contribution in [3.63, 3.8) is 0 Å². The molecule has 0 aromatic heterocycles. The Balaban J connectivity index is 2.71. The van der Waals surface area contributed by atoms with E-state index < -0.39 is 23.8 Å². The third kappa shape index (κ3) is 6.08. The lowest BCUT2D eigenvalue weighted by Gasteiger charge is -2.18. The van der Waals surface area contributed by atoms with E-state index in [4.69, 9.17) is 22.1 Å². The molecule has 0 aliphatic carbocycles. The highest BCUT2D eigenvalue weighted by molar-refractivity contribution is 6.31. The fourth-order valence-electron chi connectivity index (χ4n) is 2.03. The Labute approximate surface area is 145 Å². The van der Waals surface area contributed by atoms with Gasteiger partial charge in [-0.1, -0.05) is 25.4 Å². The van der Waals surface area contributed by atoms with Crippen molar-refractivity contribution in [1.82, 2.24) is 5.32 Å². The van der Waals surface area contributed by atoms with Crippen LogP contribution in [0.25, 0.3) is 0 Å². The molecule has 0 spiro atoms. The molecule has 1 aromatic rings. The number of rotatable bonds is 8. The number of nitrogens with two attached hydrogens (primary N) is 1. The lowest BCUT2D eigenvalue weighted by molar-refractivity contribution is -0.145. The van der Waals surface area contributed by atoms with E-state index >= 15 is 0 Å². The van der Waals surface area contributed by atoms with Crippen LogP contribution in [-0.2, 0) is 14.3 Å². The highest BCUT2D eigenvalue weighted by atomic mass is 35.5. The molecule has 0 bridgehead atoms. The van der Waals surface area contributed by atoms with Gasteiger partial charge in [-0.15, -0.1) is 0 Å². The number of amides is 2. The molecule has 24 heavy (non-hydrogen) atoms. The normalized spacial score (nSPS) is 11.7. The minimum Gasteiger partial charge on any atom is -0.483 e. The van der Waals surface area contributed by atoms with Crippen LogP contribution in [-0.4, -0.2) is 37.5 Å². The van der Waals surface area contributed by atoms with Crippen molar-refractivity contribution in [1.29, 1.82) is 0 Å². The number of hydrogen-bond acceptors (Lipinski definition) is 5. The van der Waals surface area contributed by atoms with Crippen molar-refractivity contribution < 1.29 is 23.9 Å². The molecule has 0 radical (unpaired) electrons. The Morgan fingerprint density at radius 3 is 2.50 bits per heavy atom. The van der Waals surface area contributed by atoms with E-state index in [0.29, 0.717) is 11.4 Å². The lowest BCUT2D eigenvalue weighted by Crippen LogP contribution is -2.44. The third-order valence-electron chi connectivity index (χ3n) is 3.09. The summed E-state index contributed by atoms with van der Waals surface area (Å²) in [4.78, 5) is 35.0. The maximum Gasteiger partial charge on any atom is 0.328 e. The van der Waals surface area contributed by atoms with Gasteiger partial charge in [-0.25, -0.2) is 4.79 Å². The van der Waals surface area contributed by atoms with Gasteiger partial charge >= 0.3 is 5.97 Å². The molecule has 1 aromatic carbocycles. The molecule has 1 atom stereocenters. The average Bonchev–Trinajstić information content (AvgIpc) is 2.51. The first kappa shape index (κ1) is 19.8. The molecule has 8 heteroatoms. The summed E-state index contributed by atoms with van der Waals surface area (Å²) < 4.78 is 9.98. The Kier molecular flexibility index (Phi) is 7.51. The van der Waals surface area contributed by atoms with Crippen LogP contribution in [0.15, 0.2) is 18.2 Å². The minimum absolute atomic E-state index is 0.0713. The number of esters is 1. The molecule has 2 amide bonds. The van der Waals surface area contributed by atoms with Crippen LogP contribution in [0.2, 0.25) is 5.02 Å². The van der Waals surface area contributed by atoms with Crippen molar-refractivity contribution in [2.24, 2.45) is 11.7 Å². The maximum absolute atomic E-state index is 12.0. The molecule has 132 valence electrons. The second-order valence-corrected chi connectivity index (χ2v) is 6.00. The van der Waals surface area contributed by atoms with Gasteiger partial charge in [0.15, 0.2) is 6.61 Å². The molecule has 0 aliphatic heterocycles. The smallest absolute Gasteiger partial charge is 0.328 e. The molecular weight excluding hydrogens is 336 g/mol. The summed E-state index contributed by atoms with van der Waals surface area (Å²) in [6, 6.07) is 3.55. The lowest BCUT2D eigenvalue weighted by atomic mass is 10.0. The molecule has 0 aliphatic rings. The molecule has 7 nitrogen and oxygen atoms in total. The number of hydrogen-bond donors (Lipinski definition) is 2. The first-order valence-electron chi connectivity index (χ1n) is 7.34. The van der Waals surface area contributed by atoms with Crippen LogP contribution >= 0.6 is 11.6 Å². The van der Waals surface area contributed by atoms with Crippen molar-refractivity contribution in [3.05, 3.63) is 28.8 Å². The summed E-state index contributed by atoms with van der Waals surface area (Å²) in [5, 5.41) is 2.87. The molecular formula is C16H21ClN2O5. The summed E-state index contributed by atoms with van der Waals surface area (Å²) in [6.45, 7) is 3.46. The Bertz CT molecular complexity index is 618. The number of primary amides is 1. The van der Waals surface area contributed by atoms with Gasteiger partial charge in [0.2, 0.25) is 0 Å². The second-order valence-electron chi connectivity index (χ2n) is 5.57. The van der Waals surface area contributed by atoms with Gasteiger partial charge in [0.1, 0.15) is 11.8 Å². The van der Waals surface area contributed by atoms with Crippen LogP contribution in [0, 0.1) is 5.92 Å². The fourth-order valence-corrected chi connectivity index (χ4v) is 2.20. The van der Waals surface area contributed by atoms with Crippen LogP contribution in [0.1, 0.15) is 30.6 Å². The predicted octanol–water partition coefficient (Wildman–Crippen LogP) is 1.52. The van der Waals surface area contributed by atoms with Gasteiger partial charge in [-0.3, -0.25) is 9.59 Å². The van der Waals surface area contributed by atoms with E-state index in [1.165, 1.54) is 25.3 Å². The van der Waals surface area contributed by atoms with Crippen molar-refractivity contribution in [3.8, 4) is 5.75 Å². The molecule has 0 saturated carbocycles. The van der Waals surface area contributed by atoms with E-state index in [9.17, 15) is 14.4 Å². The number of benzene rings is 1. The number of carbonyl (C=O) groups excluding carboxylic acids is 3. The van der Waals surface area contributed by atoms with Crippen molar-refractivity contribution in [2.45, 2.75) is 26.3 Å². The number of nitrogens with one attached hydrogen (secondary N) is 1. The number of ether oxygens (including phenoxy) is 2. The average molecular weight is 357 g/mol. The molecule has 1 rings (SSSR count). The van der Waals surface area contributed by atoms with E-state index in [0.717, 1.165) is 0 Å². The van der Waals surface area contributed by atoms with Crippen LogP contribution in [0.5, 0.6) is 5.75 Å². The zero-order valence-electron chi connectivity index (χ0n) is 13.8. The summed E-state index contributed by atoms with van der Waals surface area (Å²) in [5.41, 5.74) is 5.32. The van der Waals surface area contributed by atoms with Gasteiger partial charge < -0.3 is 20.5 Å². The maximum atomic E-state index is 12.0. The van der Waals surface area contributed by atoms with Crippen LogP contribution in [0.3, 0.4) is 0 Å². The Morgan fingerprint density at radius 2 is 1.96 bits per heavy atom. The van der Waals surface area contributed by atoms with E-state index in [1.807, 2.05) is 13.8 Å². The minimum atomic E-state index is -0.757. The third-order valence-corrected chi connectivity index (χ3v) is 3.33. The molecule has 0 saturated heterocycles. The summed E-state index contributed by atoms with van der Waals surface area (Å²) in [7, 11) is 1.26. The van der Waals surface area contributed by atoms with Crippen LogP contribution in [0.4, 0.5) is 0 Å². The quantitative estimate of drug-likeness (QED) is 0.686. The van der Waals surface area contributed by atoms with Gasteiger partial charge in [0, 0.05) is 5.02 Å². The van der Waals surface area contributed by atoms with Crippen LogP contribution < -0.4 is 15.8 Å². The summed E-state index contributed by atoms with van der Waals surface area (Å²) in [6.07, 6.45) is 0.436. The summed E-state index contributed by atoms with van der Waals surface area (Å²) >= 11 is 5.80. The number of halogens is 1. The van der Waals surface area contributed by atoms with E-state index in [1.54, 1.807) is 0 Å². The first-order chi connectivity index (χ1) is 11.2. The van der Waals surface area contributed by atoms with Crippen molar-refractivity contribution >= 4 is 29.4 Å². The molecule has 0 heterocycles. The zero-order valence-corrected chi connectivity index (χ0v) is 14.6. The second kappa shape index (κ2) is 9.12. The SMILES string of the molecule is COC(=O)[C@@H](CC(C)C)NC(=O)COc1ccc(Cl)cc1C(N)=O. The fraction of sp³-hybridized carbons (Fsp3) is 0.438. The van der Waals surface area contributed by atoms with Gasteiger partial charge in [-0.2, -0.15) is 0 Å². The van der Waals surface area contributed by atoms with Crippen molar-refractivity contribution in [2.75, 3.05) is 13.7 Å². The van der Waals surface area contributed by atoms with E-state index in [2.05, 4.69) is 10.1 Å². The largest absolute Gasteiger partial charge is 0.483 e. The number of carbonyl (C=O) groups is 3. The molecule has 0 fully saturated rings. The first-order valence-corrected chi connectivity index (χ1v) is 7.71. The monoisotopic (exact) mass is 356 g/mol. The Morgan fingerprint density at radius 1 is 1.29 bits per heavy atom. The molecule has 0 unspecified atom stereocenters. The predicted molar refractivity (Wildman–Crippen MR) is 88.9 cm³/mol. The van der Waals surface area contributed by atoms with Gasteiger partial charge in [0.05, 0.1) is 12.7 Å². The van der Waals surface area contributed by atoms with E-state index in [-0.39, 0.29) is 23.8 Å². The highest BCUT2D eigenvalue weighted by Gasteiger charge is 2.23. The molecule has 3 N–H and O–H groups in total. The number of methoxy groups -OCH3 is 1. The summed E-state index contributed by atoms with van der Waals surface area (Å²) in [5.74, 6) is -1.44. The van der Waals surface area contributed by atoms with Gasteiger partial charge in [-0.05, 0) is 30.5 Å². The highest BCUT2D eigenvalue weighted by Crippen LogP contribution is 2.22. The standard InChI is InChI=1S/C16H21ClN2O5/c1-9(2)6-12(16(22)23-3)19-14(20)8-24-13-5-4-10(17)7-11(13)15(18)21/h4-5,7,9,12H,6,8H2,1-3H3,(H2,18,21)(H,19,20)/t12-/m1/s1. The zero-order chi connectivity index (χ0) is 18.3.